The van der Waals surface area contributed by atoms with Crippen LogP contribution in [0.25, 0.3) is 0 Å². The van der Waals surface area contributed by atoms with E-state index in [1.165, 1.54) is 14.1 Å². The van der Waals surface area contributed by atoms with E-state index in [1.807, 2.05) is 0 Å². The highest BCUT2D eigenvalue weighted by atomic mass is 32.2. The maximum atomic E-state index is 11.9. The van der Waals surface area contributed by atoms with Crippen LogP contribution in [0.15, 0.2) is 23.1 Å². The lowest BCUT2D eigenvalue weighted by Crippen LogP contribution is -2.24. The van der Waals surface area contributed by atoms with Crippen molar-refractivity contribution < 1.29 is 23.2 Å². The third-order valence-electron chi connectivity index (χ3n) is 2.17. The van der Waals surface area contributed by atoms with Crippen LogP contribution in [0, 0.1) is 10.1 Å². The molecule has 0 heterocycles. The summed E-state index contributed by atoms with van der Waals surface area (Å²) >= 11 is 0. The third-order valence-corrected chi connectivity index (χ3v) is 4.02. The van der Waals surface area contributed by atoms with Crippen molar-refractivity contribution in [1.29, 1.82) is 0 Å². The molecular formula is C9H10N2O6S. The van der Waals surface area contributed by atoms with E-state index in [2.05, 4.69) is 0 Å². The summed E-state index contributed by atoms with van der Waals surface area (Å²) in [5.74, 6) is -1.47. The number of carbonyl (C=O) groups is 1. The van der Waals surface area contributed by atoms with E-state index in [-0.39, 0.29) is 0 Å². The maximum Gasteiger partial charge on any atom is 0.337 e. The summed E-state index contributed by atoms with van der Waals surface area (Å²) < 4.78 is 24.5. The molecule has 8 nitrogen and oxygen atoms in total. The number of nitro benzene ring substituents is 1. The van der Waals surface area contributed by atoms with Crippen LogP contribution >= 0.6 is 0 Å². The highest BCUT2D eigenvalue weighted by Gasteiger charge is 2.27. The van der Waals surface area contributed by atoms with E-state index >= 15 is 0 Å². The summed E-state index contributed by atoms with van der Waals surface area (Å²) in [7, 11) is -1.64. The van der Waals surface area contributed by atoms with E-state index in [4.69, 9.17) is 5.11 Å². The molecule has 0 spiro atoms. The summed E-state index contributed by atoms with van der Waals surface area (Å²) in [6.45, 7) is 0. The second-order valence-corrected chi connectivity index (χ2v) is 5.65. The molecule has 98 valence electrons. The number of hydrogen-bond acceptors (Lipinski definition) is 5. The lowest BCUT2D eigenvalue weighted by molar-refractivity contribution is -0.385. The zero-order chi connectivity index (χ0) is 14.1. The predicted octanol–water partition coefficient (Wildman–Crippen LogP) is 0.543. The summed E-state index contributed by atoms with van der Waals surface area (Å²) in [5.41, 5.74) is -0.991. The van der Waals surface area contributed by atoms with Crippen LogP contribution in [0.5, 0.6) is 0 Å². The summed E-state index contributed by atoms with van der Waals surface area (Å²) in [5, 5.41) is 19.5. The molecule has 0 aliphatic carbocycles. The molecule has 1 aromatic carbocycles. The van der Waals surface area contributed by atoms with Gasteiger partial charge in [-0.2, -0.15) is 0 Å². The average molecular weight is 274 g/mol. The molecule has 0 aromatic heterocycles. The Morgan fingerprint density at radius 3 is 2.33 bits per heavy atom. The second kappa shape index (κ2) is 4.70. The van der Waals surface area contributed by atoms with Gasteiger partial charge in [0.15, 0.2) is 0 Å². The Morgan fingerprint density at radius 1 is 1.39 bits per heavy atom. The molecule has 0 fully saturated rings. The molecule has 1 rings (SSSR count). The number of hydrogen-bond donors (Lipinski definition) is 1. The third kappa shape index (κ3) is 2.46. The van der Waals surface area contributed by atoms with Gasteiger partial charge in [-0.1, -0.05) is 0 Å². The summed E-state index contributed by atoms with van der Waals surface area (Å²) in [4.78, 5) is 20.1. The monoisotopic (exact) mass is 274 g/mol. The van der Waals surface area contributed by atoms with Gasteiger partial charge in [0.05, 0.1) is 10.5 Å². The maximum absolute atomic E-state index is 11.9. The van der Waals surface area contributed by atoms with Crippen LogP contribution in [0.2, 0.25) is 0 Å². The van der Waals surface area contributed by atoms with E-state index in [9.17, 15) is 23.3 Å². The first-order valence-corrected chi connectivity index (χ1v) is 6.06. The number of sulfonamides is 1. The second-order valence-electron chi connectivity index (χ2n) is 3.53. The average Bonchev–Trinajstić information content (AvgIpc) is 2.27. The van der Waals surface area contributed by atoms with Gasteiger partial charge < -0.3 is 5.11 Å². The number of aromatic carboxylic acids is 1. The summed E-state index contributed by atoms with van der Waals surface area (Å²) in [6.07, 6.45) is 0. The van der Waals surface area contributed by atoms with Crippen molar-refractivity contribution in [3.05, 3.63) is 33.9 Å². The normalized spacial score (nSPS) is 11.5. The lowest BCUT2D eigenvalue weighted by Gasteiger charge is -2.13. The standard InChI is InChI=1S/C9H10N2O6S/c1-10(2)18(16,17)8-5-6(11(14)15)3-4-7(8)9(12)13/h3-5H,1-2H3,(H,12,13). The minimum absolute atomic E-state index is 0.486. The van der Waals surface area contributed by atoms with Gasteiger partial charge in [-0.05, 0) is 6.07 Å². The first-order chi connectivity index (χ1) is 8.17. The molecule has 0 aliphatic rings. The number of carboxylic acids is 1. The predicted molar refractivity (Wildman–Crippen MR) is 60.9 cm³/mol. The van der Waals surface area contributed by atoms with E-state index in [0.717, 1.165) is 22.5 Å². The van der Waals surface area contributed by atoms with Gasteiger partial charge in [0.2, 0.25) is 10.0 Å². The van der Waals surface area contributed by atoms with Crippen LogP contribution in [0.1, 0.15) is 10.4 Å². The molecule has 0 saturated carbocycles. The molecule has 0 radical (unpaired) electrons. The van der Waals surface area contributed by atoms with Crippen LogP contribution in [0.3, 0.4) is 0 Å². The SMILES string of the molecule is CN(C)S(=O)(=O)c1cc([N+](=O)[O-])ccc1C(=O)O. The Balaban J connectivity index is 3.62. The number of nitro groups is 1. The van der Waals surface area contributed by atoms with Crippen LogP contribution in [-0.4, -0.2) is 42.8 Å². The number of rotatable bonds is 4. The fraction of sp³-hybridized carbons (Fsp3) is 0.222. The highest BCUT2D eigenvalue weighted by Crippen LogP contribution is 2.24. The van der Waals surface area contributed by atoms with Crippen molar-refractivity contribution in [2.75, 3.05) is 14.1 Å². The van der Waals surface area contributed by atoms with Crippen molar-refractivity contribution in [2.45, 2.75) is 4.90 Å². The zero-order valence-corrected chi connectivity index (χ0v) is 10.3. The van der Waals surface area contributed by atoms with Crippen molar-refractivity contribution in [1.82, 2.24) is 4.31 Å². The molecule has 9 heteroatoms. The van der Waals surface area contributed by atoms with Gasteiger partial charge in [0.1, 0.15) is 4.90 Å². The Kier molecular flexibility index (Phi) is 3.67. The molecule has 1 aromatic rings. The van der Waals surface area contributed by atoms with Crippen molar-refractivity contribution in [2.24, 2.45) is 0 Å². The smallest absolute Gasteiger partial charge is 0.337 e. The molecule has 1 N–H and O–H groups in total. The number of nitrogens with zero attached hydrogens (tertiary/aromatic N) is 2. The topological polar surface area (TPSA) is 118 Å². The first-order valence-electron chi connectivity index (χ1n) is 4.62. The van der Waals surface area contributed by atoms with E-state index in [0.29, 0.717) is 0 Å². The molecule has 0 saturated heterocycles. The molecule has 0 atom stereocenters. The van der Waals surface area contributed by atoms with Crippen molar-refractivity contribution >= 4 is 21.7 Å². The minimum atomic E-state index is -4.06. The summed E-state index contributed by atoms with van der Waals surface area (Å²) in [6, 6.07) is 2.58. The molecule has 0 bridgehead atoms. The Morgan fingerprint density at radius 2 is 1.94 bits per heavy atom. The Hall–Kier alpha value is -2.00. The zero-order valence-electron chi connectivity index (χ0n) is 9.52. The largest absolute Gasteiger partial charge is 0.478 e. The lowest BCUT2D eigenvalue weighted by atomic mass is 10.2. The van der Waals surface area contributed by atoms with Gasteiger partial charge in [0, 0.05) is 26.2 Å². The fourth-order valence-corrected chi connectivity index (χ4v) is 2.31. The first kappa shape index (κ1) is 14.1. The van der Waals surface area contributed by atoms with Crippen LogP contribution in [-0.2, 0) is 10.0 Å². The number of carboxylic acid groups (broad SMARTS) is 1. The quantitative estimate of drug-likeness (QED) is 0.632. The molecule has 0 aliphatic heterocycles. The number of non-ortho nitro benzene ring substituents is 1. The number of benzene rings is 1. The van der Waals surface area contributed by atoms with Gasteiger partial charge >= 0.3 is 5.97 Å². The Labute approximate surface area is 103 Å². The van der Waals surface area contributed by atoms with E-state index in [1.54, 1.807) is 0 Å². The highest BCUT2D eigenvalue weighted by molar-refractivity contribution is 7.89. The van der Waals surface area contributed by atoms with E-state index < -0.39 is 37.1 Å². The molecule has 0 amide bonds. The van der Waals surface area contributed by atoms with Crippen LogP contribution < -0.4 is 0 Å². The van der Waals surface area contributed by atoms with Crippen LogP contribution in [0.4, 0.5) is 5.69 Å². The van der Waals surface area contributed by atoms with Gasteiger partial charge in [-0.15, -0.1) is 0 Å². The van der Waals surface area contributed by atoms with Gasteiger partial charge in [-0.3, -0.25) is 10.1 Å². The molecule has 18 heavy (non-hydrogen) atoms. The molecule has 0 unspecified atom stereocenters. The van der Waals surface area contributed by atoms with Crippen molar-refractivity contribution in [3.8, 4) is 0 Å². The van der Waals surface area contributed by atoms with Crippen molar-refractivity contribution in [3.63, 3.8) is 0 Å². The van der Waals surface area contributed by atoms with Gasteiger partial charge in [0.25, 0.3) is 5.69 Å². The Bertz CT molecular complexity index is 607. The molecular weight excluding hydrogens is 264 g/mol. The minimum Gasteiger partial charge on any atom is -0.478 e. The fourth-order valence-electron chi connectivity index (χ4n) is 1.21. The van der Waals surface area contributed by atoms with Gasteiger partial charge in [-0.25, -0.2) is 17.5 Å².